The summed E-state index contributed by atoms with van der Waals surface area (Å²) in [6.07, 6.45) is 5.45. The molecular formula is C12H12N2OS2. The molecule has 1 aromatic carbocycles. The third kappa shape index (κ3) is 3.38. The summed E-state index contributed by atoms with van der Waals surface area (Å²) < 4.78 is 0. The number of hydrogen-bond acceptors (Lipinski definition) is 4. The number of aromatic nitrogens is 2. The molecule has 2 rings (SSSR count). The maximum absolute atomic E-state index is 11.9. The number of imidazole rings is 1. The fourth-order valence-electron chi connectivity index (χ4n) is 1.32. The van der Waals surface area contributed by atoms with Crippen molar-refractivity contribution in [2.45, 2.75) is 10.1 Å². The van der Waals surface area contributed by atoms with Gasteiger partial charge in [-0.2, -0.15) is 0 Å². The van der Waals surface area contributed by atoms with Crippen LogP contribution in [-0.2, 0) is 0 Å². The minimum Gasteiger partial charge on any atom is -0.340 e. The molecule has 1 heterocycles. The van der Waals surface area contributed by atoms with Gasteiger partial charge in [0, 0.05) is 22.9 Å². The summed E-state index contributed by atoms with van der Waals surface area (Å²) in [7, 11) is 0. The molecule has 0 aliphatic rings. The average molecular weight is 264 g/mol. The monoisotopic (exact) mass is 264 g/mol. The van der Waals surface area contributed by atoms with Crippen molar-refractivity contribution in [2.75, 3.05) is 12.0 Å². The molecular weight excluding hydrogens is 252 g/mol. The first-order chi connectivity index (χ1) is 8.29. The molecule has 0 saturated carbocycles. The summed E-state index contributed by atoms with van der Waals surface area (Å²) in [6.45, 7) is 0. The molecule has 88 valence electrons. The molecule has 0 aliphatic carbocycles. The van der Waals surface area contributed by atoms with Crippen LogP contribution in [0.15, 0.2) is 46.7 Å². The van der Waals surface area contributed by atoms with Gasteiger partial charge in [0.2, 0.25) is 0 Å². The van der Waals surface area contributed by atoms with E-state index in [1.54, 1.807) is 24.2 Å². The predicted molar refractivity (Wildman–Crippen MR) is 71.9 cm³/mol. The molecule has 5 heteroatoms. The molecule has 0 radical (unpaired) electrons. The maximum atomic E-state index is 11.9. The highest BCUT2D eigenvalue weighted by Gasteiger charge is 2.07. The summed E-state index contributed by atoms with van der Waals surface area (Å²) in [6, 6.07) is 7.68. The Kier molecular flexibility index (Phi) is 4.28. The molecule has 17 heavy (non-hydrogen) atoms. The van der Waals surface area contributed by atoms with E-state index < -0.39 is 0 Å². The van der Waals surface area contributed by atoms with Crippen LogP contribution in [0.3, 0.4) is 0 Å². The van der Waals surface area contributed by atoms with Crippen LogP contribution in [0.25, 0.3) is 0 Å². The van der Waals surface area contributed by atoms with E-state index in [0.29, 0.717) is 5.75 Å². The second-order valence-electron chi connectivity index (χ2n) is 3.33. The van der Waals surface area contributed by atoms with Gasteiger partial charge < -0.3 is 4.98 Å². The Balaban J connectivity index is 1.95. The average Bonchev–Trinajstić information content (AvgIpc) is 2.89. The summed E-state index contributed by atoms with van der Waals surface area (Å²) >= 11 is 3.09. The maximum Gasteiger partial charge on any atom is 0.173 e. The van der Waals surface area contributed by atoms with Gasteiger partial charge in [0.15, 0.2) is 10.9 Å². The molecule has 0 unspecified atom stereocenters. The van der Waals surface area contributed by atoms with E-state index >= 15 is 0 Å². The lowest BCUT2D eigenvalue weighted by molar-refractivity contribution is 0.102. The van der Waals surface area contributed by atoms with Crippen molar-refractivity contribution in [1.29, 1.82) is 0 Å². The van der Waals surface area contributed by atoms with E-state index in [0.717, 1.165) is 10.7 Å². The fraction of sp³-hybridized carbons (Fsp3) is 0.167. The Bertz CT molecular complexity index is 480. The van der Waals surface area contributed by atoms with Crippen LogP contribution in [0, 0.1) is 0 Å². The van der Waals surface area contributed by atoms with Crippen LogP contribution in [-0.4, -0.2) is 27.8 Å². The third-order valence-electron chi connectivity index (χ3n) is 2.23. The lowest BCUT2D eigenvalue weighted by atomic mass is 10.1. The highest BCUT2D eigenvalue weighted by atomic mass is 32.2. The summed E-state index contributed by atoms with van der Waals surface area (Å²) in [4.78, 5) is 20.1. The van der Waals surface area contributed by atoms with Gasteiger partial charge in [-0.1, -0.05) is 23.9 Å². The SMILES string of the molecule is CSc1ccc(C(=O)CSc2ncc[nH]2)cc1. The molecule has 0 fully saturated rings. The number of carbonyl (C=O) groups is 1. The molecule has 0 atom stereocenters. The lowest BCUT2D eigenvalue weighted by Crippen LogP contribution is -2.02. The molecule has 0 amide bonds. The standard InChI is InChI=1S/C12H12N2OS2/c1-16-10-4-2-9(3-5-10)11(15)8-17-12-13-6-7-14-12/h2-7H,8H2,1H3,(H,13,14). The van der Waals surface area contributed by atoms with Crippen molar-refractivity contribution in [1.82, 2.24) is 9.97 Å². The molecule has 0 bridgehead atoms. The molecule has 3 nitrogen and oxygen atoms in total. The number of thioether (sulfide) groups is 2. The second-order valence-corrected chi connectivity index (χ2v) is 5.18. The van der Waals surface area contributed by atoms with Crippen LogP contribution in [0.2, 0.25) is 0 Å². The fourth-order valence-corrected chi connectivity index (χ4v) is 2.45. The first-order valence-electron chi connectivity index (χ1n) is 5.09. The van der Waals surface area contributed by atoms with Gasteiger partial charge in [-0.05, 0) is 18.4 Å². The number of nitrogens with one attached hydrogen (secondary N) is 1. The van der Waals surface area contributed by atoms with Crippen molar-refractivity contribution in [2.24, 2.45) is 0 Å². The van der Waals surface area contributed by atoms with Crippen LogP contribution in [0.5, 0.6) is 0 Å². The van der Waals surface area contributed by atoms with Gasteiger partial charge in [-0.25, -0.2) is 4.98 Å². The minimum atomic E-state index is 0.124. The quantitative estimate of drug-likeness (QED) is 0.666. The smallest absolute Gasteiger partial charge is 0.173 e. The molecule has 1 N–H and O–H groups in total. The van der Waals surface area contributed by atoms with Crippen LogP contribution >= 0.6 is 23.5 Å². The molecule has 0 saturated heterocycles. The van der Waals surface area contributed by atoms with E-state index in [9.17, 15) is 4.79 Å². The number of hydrogen-bond donors (Lipinski definition) is 1. The van der Waals surface area contributed by atoms with E-state index in [4.69, 9.17) is 0 Å². The first kappa shape index (κ1) is 12.3. The highest BCUT2D eigenvalue weighted by molar-refractivity contribution is 7.99. The summed E-state index contributed by atoms with van der Waals surface area (Å²) in [5.41, 5.74) is 0.752. The number of ketones is 1. The number of nitrogens with zero attached hydrogens (tertiary/aromatic N) is 1. The molecule has 0 spiro atoms. The second kappa shape index (κ2) is 5.93. The number of rotatable bonds is 5. The Morgan fingerprint density at radius 2 is 2.12 bits per heavy atom. The zero-order valence-corrected chi connectivity index (χ0v) is 11.0. The Labute approximate surface area is 108 Å². The third-order valence-corrected chi connectivity index (χ3v) is 3.87. The van der Waals surface area contributed by atoms with Crippen LogP contribution in [0.1, 0.15) is 10.4 Å². The van der Waals surface area contributed by atoms with Crippen molar-refractivity contribution >= 4 is 29.3 Å². The Morgan fingerprint density at radius 1 is 1.35 bits per heavy atom. The van der Waals surface area contributed by atoms with Gasteiger partial charge in [0.05, 0.1) is 5.75 Å². The Hall–Kier alpha value is -1.20. The van der Waals surface area contributed by atoms with E-state index in [2.05, 4.69) is 9.97 Å². The summed E-state index contributed by atoms with van der Waals surface area (Å²) in [5.74, 6) is 0.533. The van der Waals surface area contributed by atoms with E-state index in [-0.39, 0.29) is 5.78 Å². The van der Waals surface area contributed by atoms with Gasteiger partial charge >= 0.3 is 0 Å². The van der Waals surface area contributed by atoms with Crippen molar-refractivity contribution in [3.05, 3.63) is 42.2 Å². The van der Waals surface area contributed by atoms with Crippen molar-refractivity contribution in [3.8, 4) is 0 Å². The summed E-state index contributed by atoms with van der Waals surface area (Å²) in [5, 5.41) is 0.777. The highest BCUT2D eigenvalue weighted by Crippen LogP contribution is 2.17. The van der Waals surface area contributed by atoms with E-state index in [1.807, 2.05) is 30.5 Å². The van der Waals surface area contributed by atoms with E-state index in [1.165, 1.54) is 16.7 Å². The molecule has 2 aromatic rings. The normalized spacial score (nSPS) is 10.4. The zero-order valence-electron chi connectivity index (χ0n) is 9.34. The van der Waals surface area contributed by atoms with Gasteiger partial charge in [-0.3, -0.25) is 4.79 Å². The predicted octanol–water partition coefficient (Wildman–Crippen LogP) is 3.11. The number of benzene rings is 1. The first-order valence-corrected chi connectivity index (χ1v) is 7.30. The van der Waals surface area contributed by atoms with Crippen LogP contribution < -0.4 is 0 Å². The minimum absolute atomic E-state index is 0.124. The number of carbonyl (C=O) groups excluding carboxylic acids is 1. The van der Waals surface area contributed by atoms with Gasteiger partial charge in [-0.15, -0.1) is 11.8 Å². The topological polar surface area (TPSA) is 45.8 Å². The number of H-pyrrole nitrogens is 1. The molecule has 0 aliphatic heterocycles. The van der Waals surface area contributed by atoms with Crippen molar-refractivity contribution in [3.63, 3.8) is 0 Å². The lowest BCUT2D eigenvalue weighted by Gasteiger charge is -2.01. The number of aromatic amines is 1. The van der Waals surface area contributed by atoms with Crippen molar-refractivity contribution < 1.29 is 4.79 Å². The molecule has 1 aromatic heterocycles. The zero-order chi connectivity index (χ0) is 12.1. The van der Waals surface area contributed by atoms with Crippen LogP contribution in [0.4, 0.5) is 0 Å². The largest absolute Gasteiger partial charge is 0.340 e. The van der Waals surface area contributed by atoms with Gasteiger partial charge in [0.1, 0.15) is 0 Å². The van der Waals surface area contributed by atoms with Gasteiger partial charge in [0.25, 0.3) is 0 Å². The number of Topliss-reactive ketones (excluding diaryl/α,β-unsaturated/α-hetero) is 1. The Morgan fingerprint density at radius 3 is 2.71 bits per heavy atom.